The standard InChI is InChI=1S/C13H21NO2/c1-3-15-12-8-4-5-9-13(12)16-10-6-7-11(2)14/h4-5,8-9,11H,3,6-7,10,14H2,1-2H3. The lowest BCUT2D eigenvalue weighted by atomic mass is 10.2. The highest BCUT2D eigenvalue weighted by Crippen LogP contribution is 2.26. The predicted octanol–water partition coefficient (Wildman–Crippen LogP) is 2.59. The zero-order valence-corrected chi connectivity index (χ0v) is 10.1. The summed E-state index contributed by atoms with van der Waals surface area (Å²) >= 11 is 0. The molecule has 90 valence electrons. The molecule has 0 saturated heterocycles. The molecule has 0 radical (unpaired) electrons. The molecule has 0 bridgehead atoms. The fourth-order valence-corrected chi connectivity index (χ4v) is 1.43. The van der Waals surface area contributed by atoms with Crippen LogP contribution in [-0.2, 0) is 0 Å². The van der Waals surface area contributed by atoms with Crippen LogP contribution < -0.4 is 15.2 Å². The Labute approximate surface area is 97.6 Å². The summed E-state index contributed by atoms with van der Waals surface area (Å²) in [5, 5.41) is 0. The summed E-state index contributed by atoms with van der Waals surface area (Å²) in [5.41, 5.74) is 5.67. The summed E-state index contributed by atoms with van der Waals surface area (Å²) in [5.74, 6) is 1.62. The van der Waals surface area contributed by atoms with Gasteiger partial charge < -0.3 is 15.2 Å². The molecule has 0 fully saturated rings. The van der Waals surface area contributed by atoms with Gasteiger partial charge in [-0.3, -0.25) is 0 Å². The Bertz CT molecular complexity index is 300. The molecule has 0 aromatic heterocycles. The first-order valence-electron chi connectivity index (χ1n) is 5.84. The fraction of sp³-hybridized carbons (Fsp3) is 0.538. The molecule has 0 aliphatic carbocycles. The van der Waals surface area contributed by atoms with Crippen molar-refractivity contribution in [3.63, 3.8) is 0 Å². The summed E-state index contributed by atoms with van der Waals surface area (Å²) < 4.78 is 11.1. The van der Waals surface area contributed by atoms with Crippen molar-refractivity contribution in [1.82, 2.24) is 0 Å². The second kappa shape index (κ2) is 7.12. The highest BCUT2D eigenvalue weighted by atomic mass is 16.5. The smallest absolute Gasteiger partial charge is 0.161 e. The van der Waals surface area contributed by atoms with Gasteiger partial charge in [-0.15, -0.1) is 0 Å². The van der Waals surface area contributed by atoms with Crippen molar-refractivity contribution in [2.24, 2.45) is 5.73 Å². The lowest BCUT2D eigenvalue weighted by Gasteiger charge is -2.11. The highest BCUT2D eigenvalue weighted by Gasteiger charge is 2.03. The minimum atomic E-state index is 0.241. The molecule has 1 aromatic carbocycles. The molecule has 1 atom stereocenters. The van der Waals surface area contributed by atoms with Crippen LogP contribution in [0.2, 0.25) is 0 Å². The molecule has 0 aliphatic rings. The predicted molar refractivity (Wildman–Crippen MR) is 66.0 cm³/mol. The first-order valence-corrected chi connectivity index (χ1v) is 5.84. The van der Waals surface area contributed by atoms with Crippen LogP contribution in [0.4, 0.5) is 0 Å². The number of hydrogen-bond donors (Lipinski definition) is 1. The van der Waals surface area contributed by atoms with E-state index in [9.17, 15) is 0 Å². The van der Waals surface area contributed by atoms with E-state index in [2.05, 4.69) is 0 Å². The monoisotopic (exact) mass is 223 g/mol. The Morgan fingerprint density at radius 1 is 1.19 bits per heavy atom. The molecule has 0 spiro atoms. The van der Waals surface area contributed by atoms with Gasteiger partial charge in [0.05, 0.1) is 13.2 Å². The summed E-state index contributed by atoms with van der Waals surface area (Å²) in [6, 6.07) is 7.98. The van der Waals surface area contributed by atoms with Crippen LogP contribution in [0.5, 0.6) is 11.5 Å². The maximum absolute atomic E-state index is 5.67. The van der Waals surface area contributed by atoms with Gasteiger partial charge in [0.2, 0.25) is 0 Å². The third kappa shape index (κ3) is 4.53. The normalized spacial score (nSPS) is 12.2. The van der Waals surface area contributed by atoms with E-state index in [0.717, 1.165) is 24.3 Å². The Balaban J connectivity index is 2.40. The van der Waals surface area contributed by atoms with Crippen LogP contribution in [0.15, 0.2) is 24.3 Å². The molecule has 2 N–H and O–H groups in total. The fourth-order valence-electron chi connectivity index (χ4n) is 1.43. The van der Waals surface area contributed by atoms with Crippen molar-refractivity contribution in [2.45, 2.75) is 32.7 Å². The van der Waals surface area contributed by atoms with E-state index in [4.69, 9.17) is 15.2 Å². The summed E-state index contributed by atoms with van der Waals surface area (Å²) in [4.78, 5) is 0. The maximum atomic E-state index is 5.67. The van der Waals surface area contributed by atoms with E-state index < -0.39 is 0 Å². The van der Waals surface area contributed by atoms with Crippen LogP contribution in [0.1, 0.15) is 26.7 Å². The quantitative estimate of drug-likeness (QED) is 0.723. The minimum absolute atomic E-state index is 0.241. The average molecular weight is 223 g/mol. The molecule has 16 heavy (non-hydrogen) atoms. The summed E-state index contributed by atoms with van der Waals surface area (Å²) in [7, 11) is 0. The molecule has 0 heterocycles. The van der Waals surface area contributed by atoms with E-state index in [-0.39, 0.29) is 6.04 Å². The van der Waals surface area contributed by atoms with Gasteiger partial charge in [0.1, 0.15) is 0 Å². The number of ether oxygens (including phenoxy) is 2. The van der Waals surface area contributed by atoms with Gasteiger partial charge in [-0.2, -0.15) is 0 Å². The van der Waals surface area contributed by atoms with Crippen molar-refractivity contribution >= 4 is 0 Å². The van der Waals surface area contributed by atoms with E-state index in [1.165, 1.54) is 0 Å². The molecule has 1 rings (SSSR count). The van der Waals surface area contributed by atoms with Gasteiger partial charge in [-0.05, 0) is 38.8 Å². The minimum Gasteiger partial charge on any atom is -0.490 e. The van der Waals surface area contributed by atoms with Crippen LogP contribution in [-0.4, -0.2) is 19.3 Å². The van der Waals surface area contributed by atoms with Crippen molar-refractivity contribution in [3.05, 3.63) is 24.3 Å². The first-order chi connectivity index (χ1) is 7.74. The number of para-hydroxylation sites is 2. The largest absolute Gasteiger partial charge is 0.490 e. The lowest BCUT2D eigenvalue weighted by molar-refractivity contribution is 0.269. The van der Waals surface area contributed by atoms with Crippen molar-refractivity contribution in [1.29, 1.82) is 0 Å². The van der Waals surface area contributed by atoms with Crippen molar-refractivity contribution in [2.75, 3.05) is 13.2 Å². The van der Waals surface area contributed by atoms with Gasteiger partial charge in [0.25, 0.3) is 0 Å². The van der Waals surface area contributed by atoms with Gasteiger partial charge in [0, 0.05) is 6.04 Å². The number of rotatable bonds is 7. The third-order valence-electron chi connectivity index (χ3n) is 2.21. The average Bonchev–Trinajstić information content (AvgIpc) is 2.26. The highest BCUT2D eigenvalue weighted by molar-refractivity contribution is 5.39. The van der Waals surface area contributed by atoms with Gasteiger partial charge in [-0.25, -0.2) is 0 Å². The van der Waals surface area contributed by atoms with Gasteiger partial charge in [0.15, 0.2) is 11.5 Å². The lowest BCUT2D eigenvalue weighted by Crippen LogP contribution is -2.15. The molecule has 3 nitrogen and oxygen atoms in total. The topological polar surface area (TPSA) is 44.5 Å². The van der Waals surface area contributed by atoms with Crippen LogP contribution >= 0.6 is 0 Å². The first kappa shape index (κ1) is 12.8. The molecular weight excluding hydrogens is 202 g/mol. The number of benzene rings is 1. The SMILES string of the molecule is CCOc1ccccc1OCCCC(C)N. The van der Waals surface area contributed by atoms with E-state index >= 15 is 0 Å². The number of hydrogen-bond acceptors (Lipinski definition) is 3. The Morgan fingerprint density at radius 3 is 2.38 bits per heavy atom. The van der Waals surface area contributed by atoms with Crippen molar-refractivity contribution < 1.29 is 9.47 Å². The Hall–Kier alpha value is -1.22. The molecular formula is C13H21NO2. The molecule has 0 saturated carbocycles. The number of nitrogens with two attached hydrogens (primary N) is 1. The Kier molecular flexibility index (Phi) is 5.72. The summed E-state index contributed by atoms with van der Waals surface area (Å²) in [6.45, 7) is 5.31. The zero-order valence-electron chi connectivity index (χ0n) is 10.1. The molecule has 0 aliphatic heterocycles. The second-order valence-electron chi connectivity index (χ2n) is 3.85. The molecule has 0 amide bonds. The third-order valence-corrected chi connectivity index (χ3v) is 2.21. The molecule has 1 unspecified atom stereocenters. The van der Waals surface area contributed by atoms with E-state index in [0.29, 0.717) is 13.2 Å². The Morgan fingerprint density at radius 2 is 1.81 bits per heavy atom. The van der Waals surface area contributed by atoms with Gasteiger partial charge >= 0.3 is 0 Å². The van der Waals surface area contributed by atoms with Crippen molar-refractivity contribution in [3.8, 4) is 11.5 Å². The summed E-state index contributed by atoms with van der Waals surface area (Å²) in [6.07, 6.45) is 1.95. The molecule has 3 heteroatoms. The van der Waals surface area contributed by atoms with Crippen LogP contribution in [0, 0.1) is 0 Å². The second-order valence-corrected chi connectivity index (χ2v) is 3.85. The maximum Gasteiger partial charge on any atom is 0.161 e. The van der Waals surface area contributed by atoms with Gasteiger partial charge in [-0.1, -0.05) is 12.1 Å². The zero-order chi connectivity index (χ0) is 11.8. The van der Waals surface area contributed by atoms with E-state index in [1.54, 1.807) is 0 Å². The van der Waals surface area contributed by atoms with Crippen LogP contribution in [0.25, 0.3) is 0 Å². The van der Waals surface area contributed by atoms with Crippen LogP contribution in [0.3, 0.4) is 0 Å². The van der Waals surface area contributed by atoms with E-state index in [1.807, 2.05) is 38.1 Å². The molecule has 1 aromatic rings.